The van der Waals surface area contributed by atoms with E-state index in [4.69, 9.17) is 9.47 Å². The van der Waals surface area contributed by atoms with Gasteiger partial charge in [0, 0.05) is 31.6 Å². The predicted octanol–water partition coefficient (Wildman–Crippen LogP) is 5.56. The molecule has 4 aliphatic rings. The number of aromatic carboxylic acids is 1. The number of carbonyl (C=O) groups is 2. The highest BCUT2D eigenvalue weighted by Gasteiger charge is 2.56. The van der Waals surface area contributed by atoms with Gasteiger partial charge in [-0.1, -0.05) is 24.6 Å². The van der Waals surface area contributed by atoms with E-state index < -0.39 is 5.97 Å². The van der Waals surface area contributed by atoms with E-state index in [0.29, 0.717) is 29.9 Å². The molecule has 33 heavy (non-hydrogen) atoms. The van der Waals surface area contributed by atoms with Crippen molar-refractivity contribution in [2.45, 2.75) is 57.8 Å². The van der Waals surface area contributed by atoms with Crippen LogP contribution < -0.4 is 4.74 Å². The van der Waals surface area contributed by atoms with Crippen molar-refractivity contribution >= 4 is 11.8 Å². The van der Waals surface area contributed by atoms with Gasteiger partial charge in [-0.3, -0.25) is 4.79 Å². The number of para-hydroxylation sites is 1. The van der Waals surface area contributed by atoms with Crippen LogP contribution in [0.1, 0.15) is 73.7 Å². The van der Waals surface area contributed by atoms with Gasteiger partial charge in [-0.05, 0) is 85.0 Å². The highest BCUT2D eigenvalue weighted by molar-refractivity contribution is 5.93. The molecule has 0 radical (unpaired) electrons. The molecule has 0 heterocycles. The summed E-state index contributed by atoms with van der Waals surface area (Å²) in [7, 11) is 3.36. The minimum absolute atomic E-state index is 0.0925. The van der Waals surface area contributed by atoms with Gasteiger partial charge in [0.25, 0.3) is 0 Å². The van der Waals surface area contributed by atoms with E-state index in [1.807, 2.05) is 12.1 Å². The molecule has 5 atom stereocenters. The topological polar surface area (TPSA) is 72.8 Å². The van der Waals surface area contributed by atoms with Gasteiger partial charge in [-0.15, -0.1) is 0 Å². The second kappa shape index (κ2) is 8.43. The van der Waals surface area contributed by atoms with Crippen molar-refractivity contribution in [3.8, 4) is 5.75 Å². The normalized spacial score (nSPS) is 33.2. The number of benzene rings is 1. The Labute approximate surface area is 195 Å². The summed E-state index contributed by atoms with van der Waals surface area (Å²) in [5.74, 6) is 1.41. The first-order valence-corrected chi connectivity index (χ1v) is 12.2. The fraction of sp³-hybridized carbons (Fsp3) is 0.571. The number of ketones is 1. The molecule has 1 N–H and O–H groups in total. The number of fused-ring (bicyclic) bond motifs is 4. The second-order valence-corrected chi connectivity index (χ2v) is 10.5. The average molecular weight is 451 g/mol. The minimum Gasteiger partial charge on any atom is -0.496 e. The van der Waals surface area contributed by atoms with E-state index >= 15 is 0 Å². The molecule has 0 aliphatic heterocycles. The van der Waals surface area contributed by atoms with Crippen molar-refractivity contribution in [2.75, 3.05) is 20.8 Å². The SMILES string of the molecule is COC[C@@H]1CC[C@H]2[C@@H]3CCC4=CC(=O)CCC4=C3[C@@H](c3cccc(C(=O)O)c3OC)C[C@]12C. The van der Waals surface area contributed by atoms with Gasteiger partial charge in [0.15, 0.2) is 5.78 Å². The number of rotatable bonds is 5. The van der Waals surface area contributed by atoms with Gasteiger partial charge in [-0.2, -0.15) is 0 Å². The zero-order chi connectivity index (χ0) is 23.3. The number of methoxy groups -OCH3 is 2. The number of carboxylic acids is 1. The second-order valence-electron chi connectivity index (χ2n) is 10.5. The van der Waals surface area contributed by atoms with E-state index in [-0.39, 0.29) is 22.7 Å². The molecule has 0 bridgehead atoms. The number of carboxylic acid groups (broad SMARTS) is 1. The molecule has 0 saturated heterocycles. The molecule has 1 aromatic carbocycles. The summed E-state index contributed by atoms with van der Waals surface area (Å²) in [6.45, 7) is 3.20. The van der Waals surface area contributed by atoms with Gasteiger partial charge in [0.1, 0.15) is 11.3 Å². The van der Waals surface area contributed by atoms with E-state index in [2.05, 4.69) is 13.0 Å². The highest BCUT2D eigenvalue weighted by atomic mass is 16.5. The molecular weight excluding hydrogens is 416 g/mol. The molecule has 0 amide bonds. The lowest BCUT2D eigenvalue weighted by atomic mass is 9.52. The molecule has 5 nitrogen and oxygen atoms in total. The zero-order valence-corrected chi connectivity index (χ0v) is 19.9. The summed E-state index contributed by atoms with van der Waals surface area (Å²) in [4.78, 5) is 24.2. The lowest BCUT2D eigenvalue weighted by molar-refractivity contribution is -0.114. The Balaban J connectivity index is 1.71. The lowest BCUT2D eigenvalue weighted by Gasteiger charge is -2.53. The first-order valence-electron chi connectivity index (χ1n) is 12.2. The fourth-order valence-electron chi connectivity index (χ4n) is 7.74. The van der Waals surface area contributed by atoms with Crippen LogP contribution in [0.15, 0.2) is 41.0 Å². The first-order chi connectivity index (χ1) is 15.9. The van der Waals surface area contributed by atoms with Gasteiger partial charge < -0.3 is 14.6 Å². The van der Waals surface area contributed by atoms with Crippen LogP contribution in [-0.2, 0) is 9.53 Å². The molecule has 0 spiro atoms. The maximum absolute atomic E-state index is 12.2. The predicted molar refractivity (Wildman–Crippen MR) is 126 cm³/mol. The third-order valence-electron chi connectivity index (χ3n) is 9.15. The van der Waals surface area contributed by atoms with Crippen molar-refractivity contribution in [3.63, 3.8) is 0 Å². The standard InChI is InChI=1S/C28H34O5/c1-28-14-23(20-5-4-6-22(27(30)31)26(20)33-3)25-19-11-9-18(29)13-16(19)7-10-21(25)24(28)12-8-17(28)15-32-2/h4-6,13,17,21,23-24H,7-12,14-15H2,1-3H3,(H,30,31)/t17-,21-,23+,24-,28+/m0/s1. The van der Waals surface area contributed by atoms with E-state index in [1.54, 1.807) is 20.3 Å². The Hall–Kier alpha value is -2.40. The molecule has 0 unspecified atom stereocenters. The molecule has 1 aromatic rings. The summed E-state index contributed by atoms with van der Waals surface area (Å²) in [5.41, 5.74) is 5.37. The average Bonchev–Trinajstić information content (AvgIpc) is 3.13. The van der Waals surface area contributed by atoms with Crippen LogP contribution in [0.25, 0.3) is 0 Å². The van der Waals surface area contributed by atoms with Crippen LogP contribution in [0, 0.1) is 23.2 Å². The molecule has 0 aromatic heterocycles. The monoisotopic (exact) mass is 450 g/mol. The van der Waals surface area contributed by atoms with Crippen LogP contribution >= 0.6 is 0 Å². The van der Waals surface area contributed by atoms with Crippen LogP contribution in [-0.4, -0.2) is 37.7 Å². The van der Waals surface area contributed by atoms with Crippen LogP contribution in [0.3, 0.4) is 0 Å². The molecule has 5 rings (SSSR count). The largest absolute Gasteiger partial charge is 0.496 e. The van der Waals surface area contributed by atoms with Gasteiger partial charge in [0.2, 0.25) is 0 Å². The van der Waals surface area contributed by atoms with Gasteiger partial charge >= 0.3 is 5.97 Å². The van der Waals surface area contributed by atoms with Crippen molar-refractivity contribution in [2.24, 2.45) is 23.2 Å². The lowest BCUT2D eigenvalue weighted by Crippen LogP contribution is -2.44. The van der Waals surface area contributed by atoms with E-state index in [1.165, 1.54) is 29.6 Å². The van der Waals surface area contributed by atoms with Gasteiger partial charge in [-0.25, -0.2) is 4.79 Å². The third kappa shape index (κ3) is 3.47. The molecule has 2 saturated carbocycles. The molecule has 5 heteroatoms. The summed E-state index contributed by atoms with van der Waals surface area (Å²) >= 11 is 0. The Bertz CT molecular complexity index is 1050. The number of hydrogen-bond donors (Lipinski definition) is 1. The molecular formula is C28H34O5. The fourth-order valence-corrected chi connectivity index (χ4v) is 7.74. The maximum atomic E-state index is 12.2. The zero-order valence-electron chi connectivity index (χ0n) is 19.9. The van der Waals surface area contributed by atoms with Crippen molar-refractivity contribution in [1.29, 1.82) is 0 Å². The summed E-state index contributed by atoms with van der Waals surface area (Å²) < 4.78 is 11.4. The van der Waals surface area contributed by atoms with Gasteiger partial charge in [0.05, 0.1) is 7.11 Å². The summed E-state index contributed by atoms with van der Waals surface area (Å²) in [6, 6.07) is 5.53. The first kappa shape index (κ1) is 22.4. The van der Waals surface area contributed by atoms with E-state index in [9.17, 15) is 14.7 Å². The Kier molecular flexibility index (Phi) is 5.72. The van der Waals surface area contributed by atoms with Crippen LogP contribution in [0.5, 0.6) is 5.75 Å². The summed E-state index contributed by atoms with van der Waals surface area (Å²) in [5, 5.41) is 9.83. The number of allylic oxidation sites excluding steroid dienone is 4. The Morgan fingerprint density at radius 3 is 2.70 bits per heavy atom. The van der Waals surface area contributed by atoms with Crippen LogP contribution in [0.2, 0.25) is 0 Å². The maximum Gasteiger partial charge on any atom is 0.339 e. The number of carbonyl (C=O) groups excluding carboxylic acids is 1. The number of hydrogen-bond acceptors (Lipinski definition) is 4. The van der Waals surface area contributed by atoms with Crippen molar-refractivity contribution in [1.82, 2.24) is 0 Å². The minimum atomic E-state index is -0.964. The Morgan fingerprint density at radius 1 is 1.15 bits per heavy atom. The van der Waals surface area contributed by atoms with Crippen molar-refractivity contribution in [3.05, 3.63) is 52.1 Å². The molecule has 2 fully saturated rings. The number of ether oxygens (including phenoxy) is 2. The quantitative estimate of drug-likeness (QED) is 0.636. The van der Waals surface area contributed by atoms with Crippen LogP contribution in [0.4, 0.5) is 0 Å². The highest BCUT2D eigenvalue weighted by Crippen LogP contribution is 2.66. The molecule has 176 valence electrons. The molecule has 4 aliphatic carbocycles. The summed E-state index contributed by atoms with van der Waals surface area (Å²) in [6.07, 6.45) is 8.63. The van der Waals surface area contributed by atoms with E-state index in [0.717, 1.165) is 37.9 Å². The Morgan fingerprint density at radius 2 is 1.97 bits per heavy atom. The smallest absolute Gasteiger partial charge is 0.339 e. The third-order valence-corrected chi connectivity index (χ3v) is 9.15. The van der Waals surface area contributed by atoms with Crippen molar-refractivity contribution < 1.29 is 24.2 Å².